The van der Waals surface area contributed by atoms with Crippen molar-refractivity contribution < 1.29 is 8.81 Å². The van der Waals surface area contributed by atoms with Crippen LogP contribution in [0.15, 0.2) is 22.6 Å². The third kappa shape index (κ3) is 3.61. The van der Waals surface area contributed by atoms with Crippen LogP contribution in [-0.2, 0) is 6.42 Å². The van der Waals surface area contributed by atoms with E-state index in [9.17, 15) is 4.39 Å². The van der Waals surface area contributed by atoms with Gasteiger partial charge < -0.3 is 9.73 Å². The van der Waals surface area contributed by atoms with Crippen molar-refractivity contribution in [2.24, 2.45) is 0 Å². The van der Waals surface area contributed by atoms with Crippen LogP contribution in [0, 0.1) is 12.7 Å². The van der Waals surface area contributed by atoms with E-state index in [1.807, 2.05) is 0 Å². The van der Waals surface area contributed by atoms with E-state index in [1.54, 1.807) is 19.1 Å². The first-order valence-corrected chi connectivity index (χ1v) is 6.50. The molecular formula is C14H18FN3O. The third-order valence-corrected chi connectivity index (χ3v) is 2.83. The normalized spacial score (nSPS) is 10.9. The maximum Gasteiger partial charge on any atom is 0.247 e. The molecule has 1 aromatic heterocycles. The molecular weight excluding hydrogens is 245 g/mol. The maximum absolute atomic E-state index is 13.5. The molecule has 0 amide bonds. The number of aromatic nitrogens is 2. The highest BCUT2D eigenvalue weighted by atomic mass is 19.1. The minimum Gasteiger partial charge on any atom is -0.421 e. The second-order valence-corrected chi connectivity index (χ2v) is 4.46. The predicted octanol–water partition coefficient (Wildman–Crippen LogP) is 2.73. The van der Waals surface area contributed by atoms with Gasteiger partial charge in [0.05, 0.1) is 0 Å². The van der Waals surface area contributed by atoms with Crippen molar-refractivity contribution in [2.75, 3.05) is 13.1 Å². The highest BCUT2D eigenvalue weighted by Crippen LogP contribution is 2.20. The highest BCUT2D eigenvalue weighted by Gasteiger charge is 2.09. The Hall–Kier alpha value is -1.75. The molecule has 2 aromatic rings. The van der Waals surface area contributed by atoms with Crippen LogP contribution in [0.3, 0.4) is 0 Å². The summed E-state index contributed by atoms with van der Waals surface area (Å²) in [5, 5.41) is 11.2. The summed E-state index contributed by atoms with van der Waals surface area (Å²) in [5.74, 6) is 0.672. The second-order valence-electron chi connectivity index (χ2n) is 4.46. The lowest BCUT2D eigenvalue weighted by atomic mass is 10.1. The Kier molecular flexibility index (Phi) is 4.63. The molecule has 1 aromatic carbocycles. The zero-order valence-electron chi connectivity index (χ0n) is 11.2. The first-order valence-electron chi connectivity index (χ1n) is 6.50. The quantitative estimate of drug-likeness (QED) is 0.814. The van der Waals surface area contributed by atoms with E-state index in [0.717, 1.165) is 19.5 Å². The zero-order valence-corrected chi connectivity index (χ0v) is 11.2. The number of nitrogens with one attached hydrogen (secondary N) is 1. The van der Waals surface area contributed by atoms with Crippen molar-refractivity contribution in [1.29, 1.82) is 0 Å². The molecule has 0 aliphatic heterocycles. The Labute approximate surface area is 112 Å². The van der Waals surface area contributed by atoms with Crippen LogP contribution < -0.4 is 5.32 Å². The molecule has 0 aliphatic carbocycles. The van der Waals surface area contributed by atoms with Gasteiger partial charge in [0, 0.05) is 18.5 Å². The van der Waals surface area contributed by atoms with Crippen molar-refractivity contribution in [3.05, 3.63) is 35.5 Å². The number of hydrogen-bond donors (Lipinski definition) is 1. The molecule has 1 heterocycles. The van der Waals surface area contributed by atoms with Gasteiger partial charge in [0.2, 0.25) is 11.8 Å². The fourth-order valence-electron chi connectivity index (χ4n) is 1.69. The van der Waals surface area contributed by atoms with Gasteiger partial charge in [0.25, 0.3) is 0 Å². The van der Waals surface area contributed by atoms with Gasteiger partial charge in [0.15, 0.2) is 0 Å². The number of hydrogen-bond acceptors (Lipinski definition) is 4. The molecule has 2 rings (SSSR count). The van der Waals surface area contributed by atoms with Crippen LogP contribution >= 0.6 is 0 Å². The standard InChI is InChI=1S/C14H18FN3O/c1-3-7-16-8-6-13-17-18-14(19-13)11-5-4-10(2)12(15)9-11/h4-5,9,16H,3,6-8H2,1-2H3. The lowest BCUT2D eigenvalue weighted by Crippen LogP contribution is -2.17. The van der Waals surface area contributed by atoms with Crippen LogP contribution in [-0.4, -0.2) is 23.3 Å². The first-order chi connectivity index (χ1) is 9.20. The summed E-state index contributed by atoms with van der Waals surface area (Å²) in [7, 11) is 0. The molecule has 19 heavy (non-hydrogen) atoms. The van der Waals surface area contributed by atoms with Gasteiger partial charge in [-0.1, -0.05) is 13.0 Å². The fraction of sp³-hybridized carbons (Fsp3) is 0.429. The van der Waals surface area contributed by atoms with Crippen molar-refractivity contribution in [3.63, 3.8) is 0 Å². The third-order valence-electron chi connectivity index (χ3n) is 2.83. The number of aryl methyl sites for hydroxylation is 1. The van der Waals surface area contributed by atoms with Crippen molar-refractivity contribution in [1.82, 2.24) is 15.5 Å². The maximum atomic E-state index is 13.5. The van der Waals surface area contributed by atoms with Crippen LogP contribution in [0.2, 0.25) is 0 Å². The molecule has 0 saturated carbocycles. The summed E-state index contributed by atoms with van der Waals surface area (Å²) in [5.41, 5.74) is 1.22. The predicted molar refractivity (Wildman–Crippen MR) is 71.3 cm³/mol. The summed E-state index contributed by atoms with van der Waals surface area (Å²) in [4.78, 5) is 0. The van der Waals surface area contributed by atoms with Gasteiger partial charge in [-0.15, -0.1) is 10.2 Å². The molecule has 102 valence electrons. The lowest BCUT2D eigenvalue weighted by Gasteiger charge is -1.99. The summed E-state index contributed by atoms with van der Waals surface area (Å²) in [6, 6.07) is 4.91. The summed E-state index contributed by atoms with van der Waals surface area (Å²) in [6.45, 7) is 5.61. The Morgan fingerprint density at radius 1 is 1.26 bits per heavy atom. The minimum atomic E-state index is -0.262. The SMILES string of the molecule is CCCNCCc1nnc(-c2ccc(C)c(F)c2)o1. The van der Waals surface area contributed by atoms with Crippen molar-refractivity contribution in [3.8, 4) is 11.5 Å². The van der Waals surface area contributed by atoms with Crippen LogP contribution in [0.1, 0.15) is 24.8 Å². The number of benzene rings is 1. The Balaban J connectivity index is 2.01. The minimum absolute atomic E-state index is 0.262. The fourth-order valence-corrected chi connectivity index (χ4v) is 1.69. The lowest BCUT2D eigenvalue weighted by molar-refractivity contribution is 0.494. The van der Waals surface area contributed by atoms with Gasteiger partial charge >= 0.3 is 0 Å². The first kappa shape index (κ1) is 13.7. The van der Waals surface area contributed by atoms with Crippen LogP contribution in [0.4, 0.5) is 4.39 Å². The van der Waals surface area contributed by atoms with Gasteiger partial charge in [0.1, 0.15) is 5.82 Å². The van der Waals surface area contributed by atoms with E-state index in [-0.39, 0.29) is 5.82 Å². The largest absolute Gasteiger partial charge is 0.421 e. The van der Waals surface area contributed by atoms with Gasteiger partial charge in [-0.2, -0.15) is 0 Å². The number of rotatable bonds is 6. The summed E-state index contributed by atoms with van der Waals surface area (Å²) < 4.78 is 19.0. The Morgan fingerprint density at radius 3 is 2.84 bits per heavy atom. The smallest absolute Gasteiger partial charge is 0.247 e. The summed E-state index contributed by atoms with van der Waals surface area (Å²) >= 11 is 0. The van der Waals surface area contributed by atoms with Crippen molar-refractivity contribution in [2.45, 2.75) is 26.7 Å². The van der Waals surface area contributed by atoms with Gasteiger partial charge in [-0.25, -0.2) is 4.39 Å². The molecule has 0 spiro atoms. The van der Waals surface area contributed by atoms with Crippen molar-refractivity contribution >= 4 is 0 Å². The van der Waals surface area contributed by atoms with Gasteiger partial charge in [-0.05, 0) is 37.6 Å². The molecule has 0 radical (unpaired) electrons. The van der Waals surface area contributed by atoms with E-state index in [4.69, 9.17) is 4.42 Å². The molecule has 0 fully saturated rings. The second kappa shape index (κ2) is 6.43. The molecule has 5 heteroatoms. The molecule has 1 N–H and O–H groups in total. The summed E-state index contributed by atoms with van der Waals surface area (Å²) in [6.07, 6.45) is 1.78. The van der Waals surface area contributed by atoms with E-state index < -0.39 is 0 Å². The van der Waals surface area contributed by atoms with Gasteiger partial charge in [-0.3, -0.25) is 0 Å². The average molecular weight is 263 g/mol. The number of nitrogens with zero attached hydrogens (tertiary/aromatic N) is 2. The zero-order chi connectivity index (χ0) is 13.7. The topological polar surface area (TPSA) is 51.0 Å². The van der Waals surface area contributed by atoms with Crippen LogP contribution in [0.25, 0.3) is 11.5 Å². The number of halogens is 1. The Morgan fingerprint density at radius 2 is 2.11 bits per heavy atom. The molecule has 0 unspecified atom stereocenters. The molecule has 4 nitrogen and oxygen atoms in total. The average Bonchev–Trinajstić information content (AvgIpc) is 2.87. The highest BCUT2D eigenvalue weighted by molar-refractivity contribution is 5.53. The molecule has 0 atom stereocenters. The monoisotopic (exact) mass is 263 g/mol. The molecule has 0 saturated heterocycles. The van der Waals surface area contributed by atoms with E-state index >= 15 is 0 Å². The molecule has 0 bridgehead atoms. The molecule has 0 aliphatic rings. The van der Waals surface area contributed by atoms with E-state index in [0.29, 0.717) is 29.3 Å². The van der Waals surface area contributed by atoms with E-state index in [2.05, 4.69) is 22.4 Å². The Bertz CT molecular complexity index is 539. The van der Waals surface area contributed by atoms with Crippen LogP contribution in [0.5, 0.6) is 0 Å². The van der Waals surface area contributed by atoms with E-state index in [1.165, 1.54) is 6.07 Å².